The van der Waals surface area contributed by atoms with Crippen molar-refractivity contribution in [1.29, 1.82) is 0 Å². The van der Waals surface area contributed by atoms with Crippen molar-refractivity contribution in [3.8, 4) is 0 Å². The van der Waals surface area contributed by atoms with Crippen molar-refractivity contribution in [3.63, 3.8) is 0 Å². The zero-order valence-electron chi connectivity index (χ0n) is 21.9. The maximum Gasteiger partial charge on any atom is 0.118 e. The summed E-state index contributed by atoms with van der Waals surface area (Å²) in [5.41, 5.74) is 13.8. The highest BCUT2D eigenvalue weighted by Crippen LogP contribution is 2.14. The molecule has 0 aromatic rings. The molecule has 0 radical (unpaired) electrons. The predicted octanol–water partition coefficient (Wildman–Crippen LogP) is 4.59. The van der Waals surface area contributed by atoms with Crippen LogP contribution in [0.2, 0.25) is 0 Å². The SMILES string of the molecule is C=C(/N=C(C)\C(CCCCCC)=C(/N)NCCOCCOCCN)NCCCCCCCC. The van der Waals surface area contributed by atoms with E-state index in [1.807, 2.05) is 6.92 Å². The van der Waals surface area contributed by atoms with Crippen molar-refractivity contribution >= 4 is 5.71 Å². The van der Waals surface area contributed by atoms with Gasteiger partial charge in [0.25, 0.3) is 0 Å². The maximum atomic E-state index is 6.41. The van der Waals surface area contributed by atoms with E-state index >= 15 is 0 Å². The van der Waals surface area contributed by atoms with Crippen molar-refractivity contribution in [2.24, 2.45) is 16.5 Å². The lowest BCUT2D eigenvalue weighted by atomic mass is 10.0. The molecule has 0 amide bonds. The van der Waals surface area contributed by atoms with Gasteiger partial charge in [0.2, 0.25) is 0 Å². The summed E-state index contributed by atoms with van der Waals surface area (Å²) < 4.78 is 10.9. The van der Waals surface area contributed by atoms with E-state index in [1.54, 1.807) is 0 Å². The monoisotopic (exact) mass is 467 g/mol. The molecule has 0 atom stereocenters. The molecule has 0 saturated heterocycles. The van der Waals surface area contributed by atoms with Crippen molar-refractivity contribution in [3.05, 3.63) is 23.8 Å². The van der Waals surface area contributed by atoms with Gasteiger partial charge in [-0.05, 0) is 26.2 Å². The molecule has 194 valence electrons. The van der Waals surface area contributed by atoms with Gasteiger partial charge < -0.3 is 31.6 Å². The summed E-state index contributed by atoms with van der Waals surface area (Å²) in [7, 11) is 0. The Labute approximate surface area is 203 Å². The smallest absolute Gasteiger partial charge is 0.118 e. The highest BCUT2D eigenvalue weighted by atomic mass is 16.5. The van der Waals surface area contributed by atoms with Gasteiger partial charge >= 0.3 is 0 Å². The lowest BCUT2D eigenvalue weighted by Crippen LogP contribution is -2.28. The Balaban J connectivity index is 4.58. The lowest BCUT2D eigenvalue weighted by Gasteiger charge is -2.15. The van der Waals surface area contributed by atoms with E-state index in [4.69, 9.17) is 25.9 Å². The second kappa shape index (κ2) is 23.6. The quantitative estimate of drug-likeness (QED) is 0.122. The summed E-state index contributed by atoms with van der Waals surface area (Å²) >= 11 is 0. The van der Waals surface area contributed by atoms with Gasteiger partial charge in [-0.1, -0.05) is 71.8 Å². The Hall–Kier alpha value is -1.57. The van der Waals surface area contributed by atoms with Crippen LogP contribution in [0, 0.1) is 0 Å². The van der Waals surface area contributed by atoms with Crippen LogP contribution >= 0.6 is 0 Å². The molecule has 33 heavy (non-hydrogen) atoms. The van der Waals surface area contributed by atoms with Crippen molar-refractivity contribution < 1.29 is 9.47 Å². The standard InChI is InChI=1S/C26H53N5O2/c1-5-7-9-11-12-14-17-29-24(4)31-23(3)25(15-13-10-8-6-2)26(28)30-18-20-33-22-21-32-19-16-27/h29-30H,4-22,27-28H2,1-3H3/b26-25+,31-23-. The molecule has 0 aliphatic heterocycles. The Morgan fingerprint density at radius 1 is 0.788 bits per heavy atom. The molecule has 7 heteroatoms. The molecule has 0 unspecified atom stereocenters. The van der Waals surface area contributed by atoms with Crippen LogP contribution in [-0.4, -0.2) is 51.8 Å². The number of nitrogens with one attached hydrogen (secondary N) is 2. The van der Waals surface area contributed by atoms with Gasteiger partial charge in [0.15, 0.2) is 0 Å². The van der Waals surface area contributed by atoms with E-state index in [2.05, 4.69) is 31.1 Å². The third kappa shape index (κ3) is 19.6. The molecule has 6 N–H and O–H groups in total. The van der Waals surface area contributed by atoms with Gasteiger partial charge in [0, 0.05) is 30.9 Å². The van der Waals surface area contributed by atoms with Crippen molar-refractivity contribution in [2.45, 2.75) is 91.4 Å². The number of hydrogen-bond acceptors (Lipinski definition) is 7. The lowest BCUT2D eigenvalue weighted by molar-refractivity contribution is 0.0524. The fourth-order valence-electron chi connectivity index (χ4n) is 3.46. The molecular weight excluding hydrogens is 414 g/mol. The van der Waals surface area contributed by atoms with Gasteiger partial charge in [0.1, 0.15) is 11.6 Å². The average molecular weight is 468 g/mol. The third-order valence-electron chi connectivity index (χ3n) is 5.40. The largest absolute Gasteiger partial charge is 0.385 e. The van der Waals surface area contributed by atoms with E-state index in [1.165, 1.54) is 51.4 Å². The highest BCUT2D eigenvalue weighted by Gasteiger charge is 2.09. The first kappa shape index (κ1) is 31.4. The van der Waals surface area contributed by atoms with Gasteiger partial charge in [-0.2, -0.15) is 0 Å². The number of hydrogen-bond donors (Lipinski definition) is 4. The van der Waals surface area contributed by atoms with Crippen LogP contribution < -0.4 is 22.1 Å². The van der Waals surface area contributed by atoms with E-state index in [0.29, 0.717) is 51.2 Å². The van der Waals surface area contributed by atoms with Gasteiger partial charge in [-0.15, -0.1) is 0 Å². The van der Waals surface area contributed by atoms with Crippen molar-refractivity contribution in [2.75, 3.05) is 46.1 Å². The zero-order chi connectivity index (χ0) is 24.6. The topological polar surface area (TPSA) is 107 Å². The first-order valence-electron chi connectivity index (χ1n) is 13.1. The molecule has 7 nitrogen and oxygen atoms in total. The normalized spacial score (nSPS) is 12.5. The average Bonchev–Trinajstić information content (AvgIpc) is 2.80. The summed E-state index contributed by atoms with van der Waals surface area (Å²) in [6.07, 6.45) is 13.3. The number of nitrogens with zero attached hydrogens (tertiary/aromatic N) is 1. The van der Waals surface area contributed by atoms with Crippen LogP contribution in [-0.2, 0) is 9.47 Å². The van der Waals surface area contributed by atoms with Gasteiger partial charge in [-0.25, -0.2) is 4.99 Å². The highest BCUT2D eigenvalue weighted by molar-refractivity contribution is 5.99. The second-order valence-electron chi connectivity index (χ2n) is 8.48. The van der Waals surface area contributed by atoms with Crippen LogP contribution in [0.4, 0.5) is 0 Å². The number of nitrogens with two attached hydrogens (primary N) is 2. The van der Waals surface area contributed by atoms with Crippen LogP contribution in [0.1, 0.15) is 91.4 Å². The summed E-state index contributed by atoms with van der Waals surface area (Å²) in [5, 5.41) is 6.65. The number of aliphatic imine (C=N–C) groups is 1. The molecule has 0 aromatic carbocycles. The van der Waals surface area contributed by atoms with Gasteiger partial charge in [-0.3, -0.25) is 0 Å². The summed E-state index contributed by atoms with van der Waals surface area (Å²) in [4.78, 5) is 4.71. The van der Waals surface area contributed by atoms with E-state index < -0.39 is 0 Å². The Bertz CT molecular complexity index is 535. The maximum absolute atomic E-state index is 6.41. The van der Waals surface area contributed by atoms with E-state index in [0.717, 1.165) is 37.1 Å². The minimum absolute atomic E-state index is 0.534. The van der Waals surface area contributed by atoms with Gasteiger partial charge in [0.05, 0.1) is 26.4 Å². The molecule has 0 spiro atoms. The Morgan fingerprint density at radius 2 is 1.39 bits per heavy atom. The molecule has 0 rings (SSSR count). The van der Waals surface area contributed by atoms with Crippen molar-refractivity contribution in [1.82, 2.24) is 10.6 Å². The minimum atomic E-state index is 0.534. The third-order valence-corrected chi connectivity index (χ3v) is 5.40. The molecular formula is C26H53N5O2. The Kier molecular flexibility index (Phi) is 22.5. The molecule has 0 fully saturated rings. The van der Waals surface area contributed by atoms with E-state index in [-0.39, 0.29) is 0 Å². The first-order chi connectivity index (χ1) is 16.1. The molecule has 0 aliphatic carbocycles. The molecule has 0 saturated carbocycles. The summed E-state index contributed by atoms with van der Waals surface area (Å²) in [6.45, 7) is 14.9. The van der Waals surface area contributed by atoms with Crippen LogP contribution in [0.25, 0.3) is 0 Å². The molecule has 0 bridgehead atoms. The van der Waals surface area contributed by atoms with E-state index in [9.17, 15) is 0 Å². The Morgan fingerprint density at radius 3 is 2.06 bits per heavy atom. The van der Waals surface area contributed by atoms with Crippen LogP contribution in [0.15, 0.2) is 28.8 Å². The molecule has 0 aliphatic rings. The second-order valence-corrected chi connectivity index (χ2v) is 8.48. The molecule has 0 heterocycles. The summed E-state index contributed by atoms with van der Waals surface area (Å²) in [6, 6.07) is 0. The summed E-state index contributed by atoms with van der Waals surface area (Å²) in [5.74, 6) is 1.39. The number of allylic oxidation sites excluding steroid dienone is 1. The number of rotatable bonds is 24. The number of ether oxygens (including phenoxy) is 2. The molecule has 0 aromatic heterocycles. The fraction of sp³-hybridized carbons (Fsp3) is 0.808. The first-order valence-corrected chi connectivity index (χ1v) is 13.1. The minimum Gasteiger partial charge on any atom is -0.385 e. The van der Waals surface area contributed by atoms with Crippen LogP contribution in [0.5, 0.6) is 0 Å². The van der Waals surface area contributed by atoms with Crippen LogP contribution in [0.3, 0.4) is 0 Å². The fourth-order valence-corrected chi connectivity index (χ4v) is 3.46. The number of unbranched alkanes of at least 4 members (excludes halogenated alkanes) is 8. The zero-order valence-corrected chi connectivity index (χ0v) is 21.9. The predicted molar refractivity (Wildman–Crippen MR) is 142 cm³/mol.